The zero-order valence-corrected chi connectivity index (χ0v) is 19.6. The van der Waals surface area contributed by atoms with Crippen molar-refractivity contribution < 1.29 is 19.1 Å². The Morgan fingerprint density at radius 3 is 2.54 bits per heavy atom. The van der Waals surface area contributed by atoms with Crippen molar-refractivity contribution in [2.75, 3.05) is 6.54 Å². The fraction of sp³-hybridized carbons (Fsp3) is 0.407. The van der Waals surface area contributed by atoms with Crippen LogP contribution in [0.15, 0.2) is 48.8 Å². The van der Waals surface area contributed by atoms with E-state index in [9.17, 15) is 19.1 Å². The van der Waals surface area contributed by atoms with Crippen LogP contribution in [0.2, 0.25) is 0 Å². The van der Waals surface area contributed by atoms with Gasteiger partial charge in [-0.2, -0.15) is 5.10 Å². The van der Waals surface area contributed by atoms with E-state index in [2.05, 4.69) is 4.98 Å². The van der Waals surface area contributed by atoms with Gasteiger partial charge in [0, 0.05) is 36.5 Å². The van der Waals surface area contributed by atoms with Crippen LogP contribution in [0.3, 0.4) is 0 Å². The first-order valence-corrected chi connectivity index (χ1v) is 12.2. The monoisotopic (exact) mass is 476 g/mol. The zero-order chi connectivity index (χ0) is 24.4. The quantitative estimate of drug-likeness (QED) is 0.573. The van der Waals surface area contributed by atoms with Gasteiger partial charge in [-0.25, -0.2) is 4.39 Å². The van der Waals surface area contributed by atoms with Gasteiger partial charge in [-0.3, -0.25) is 19.3 Å². The zero-order valence-electron chi connectivity index (χ0n) is 19.6. The molecule has 182 valence electrons. The third-order valence-electron chi connectivity index (χ3n) is 7.33. The van der Waals surface area contributed by atoms with E-state index in [1.165, 1.54) is 12.1 Å². The number of amides is 1. The van der Waals surface area contributed by atoms with Gasteiger partial charge in [0.2, 0.25) is 5.91 Å². The second-order valence-electron chi connectivity index (χ2n) is 9.62. The molecule has 2 aliphatic rings. The molecule has 5 rings (SSSR count). The van der Waals surface area contributed by atoms with Crippen molar-refractivity contribution in [3.05, 3.63) is 71.4 Å². The number of hydrogen-bond donors (Lipinski definition) is 1. The van der Waals surface area contributed by atoms with Gasteiger partial charge in [-0.1, -0.05) is 12.1 Å². The summed E-state index contributed by atoms with van der Waals surface area (Å²) in [5.41, 5.74) is 4.90. The van der Waals surface area contributed by atoms with Crippen molar-refractivity contribution in [1.29, 1.82) is 0 Å². The summed E-state index contributed by atoms with van der Waals surface area (Å²) in [5.74, 6) is -0.911. The molecule has 1 amide bonds. The van der Waals surface area contributed by atoms with Crippen molar-refractivity contribution in [2.45, 2.75) is 51.6 Å². The lowest BCUT2D eigenvalue weighted by Crippen LogP contribution is -2.38. The highest BCUT2D eigenvalue weighted by atomic mass is 19.1. The highest BCUT2D eigenvalue weighted by Gasteiger charge is 2.31. The van der Waals surface area contributed by atoms with E-state index in [0.29, 0.717) is 45.3 Å². The number of pyridine rings is 1. The first-order valence-electron chi connectivity index (χ1n) is 12.2. The number of carbonyl (C=O) groups is 2. The van der Waals surface area contributed by atoms with Crippen LogP contribution in [0.5, 0.6) is 0 Å². The number of carboxylic acids is 1. The third kappa shape index (κ3) is 5.11. The van der Waals surface area contributed by atoms with E-state index in [0.717, 1.165) is 40.9 Å². The van der Waals surface area contributed by atoms with Crippen LogP contribution in [0.1, 0.15) is 48.9 Å². The molecule has 2 aromatic heterocycles. The maximum atomic E-state index is 13.4. The van der Waals surface area contributed by atoms with Crippen molar-refractivity contribution in [2.24, 2.45) is 11.8 Å². The molecule has 0 radical (unpaired) electrons. The number of aliphatic carboxylic acids is 1. The second kappa shape index (κ2) is 9.98. The largest absolute Gasteiger partial charge is 0.481 e. The molecule has 0 saturated heterocycles. The highest BCUT2D eigenvalue weighted by Crippen LogP contribution is 2.33. The standard InChI is InChI=1S/C27H29FN4O3/c28-22-9-5-19(6-10-22)16-32-24-17-31(25(33)14-18-3-7-20(8-4-18)27(34)35)13-11-23(24)26(30-32)21-2-1-12-29-15-21/h1-2,5-6,9-10,12,15,18,20H,3-4,7-8,11,13-14,16-17H2,(H,34,35)/t18-,20-. The molecule has 3 aromatic rings. The van der Waals surface area contributed by atoms with Gasteiger partial charge in [-0.15, -0.1) is 0 Å². The Bertz CT molecular complexity index is 1200. The first-order chi connectivity index (χ1) is 17.0. The number of carboxylic acid groups (broad SMARTS) is 1. The normalized spacial score (nSPS) is 19.9. The van der Waals surface area contributed by atoms with E-state index in [4.69, 9.17) is 5.10 Å². The van der Waals surface area contributed by atoms with Gasteiger partial charge < -0.3 is 10.0 Å². The van der Waals surface area contributed by atoms with Crippen molar-refractivity contribution >= 4 is 11.9 Å². The molecule has 1 N–H and O–H groups in total. The van der Waals surface area contributed by atoms with E-state index in [1.807, 2.05) is 21.7 Å². The lowest BCUT2D eigenvalue weighted by atomic mass is 9.80. The predicted octanol–water partition coefficient (Wildman–Crippen LogP) is 4.30. The number of rotatable bonds is 6. The molecule has 0 bridgehead atoms. The minimum atomic E-state index is -0.725. The molecular formula is C27H29FN4O3. The predicted molar refractivity (Wildman–Crippen MR) is 128 cm³/mol. The van der Waals surface area contributed by atoms with Gasteiger partial charge in [0.15, 0.2) is 0 Å². The Hall–Kier alpha value is -3.55. The van der Waals surface area contributed by atoms with Gasteiger partial charge >= 0.3 is 5.97 Å². The minimum absolute atomic E-state index is 0.117. The average molecular weight is 477 g/mol. The van der Waals surface area contributed by atoms with E-state index < -0.39 is 5.97 Å². The topological polar surface area (TPSA) is 88.3 Å². The minimum Gasteiger partial charge on any atom is -0.481 e. The molecule has 1 saturated carbocycles. The molecule has 1 aliphatic carbocycles. The second-order valence-corrected chi connectivity index (χ2v) is 9.62. The van der Waals surface area contributed by atoms with E-state index in [-0.39, 0.29) is 23.6 Å². The van der Waals surface area contributed by atoms with E-state index in [1.54, 1.807) is 24.5 Å². The average Bonchev–Trinajstić information content (AvgIpc) is 3.24. The Morgan fingerprint density at radius 2 is 1.86 bits per heavy atom. The number of benzene rings is 1. The summed E-state index contributed by atoms with van der Waals surface area (Å²) in [7, 11) is 0. The molecule has 1 aromatic carbocycles. The van der Waals surface area contributed by atoms with Crippen LogP contribution in [-0.4, -0.2) is 43.2 Å². The Balaban J connectivity index is 1.35. The smallest absolute Gasteiger partial charge is 0.306 e. The van der Waals surface area contributed by atoms with Crippen LogP contribution in [0, 0.1) is 17.7 Å². The molecule has 1 fully saturated rings. The van der Waals surface area contributed by atoms with Crippen molar-refractivity contribution in [3.63, 3.8) is 0 Å². The molecule has 3 heterocycles. The van der Waals surface area contributed by atoms with Gasteiger partial charge in [0.25, 0.3) is 0 Å². The first kappa shape index (κ1) is 23.2. The SMILES string of the molecule is O=C(C[C@H]1CC[C@H](C(=O)O)CC1)N1CCc2c(-c3cccnc3)nn(Cc3ccc(F)cc3)c2C1. The maximum Gasteiger partial charge on any atom is 0.306 e. The van der Waals surface area contributed by atoms with Crippen LogP contribution in [0.25, 0.3) is 11.3 Å². The number of nitrogens with zero attached hydrogens (tertiary/aromatic N) is 4. The van der Waals surface area contributed by atoms with Gasteiger partial charge in [0.05, 0.1) is 30.4 Å². The number of hydrogen-bond acceptors (Lipinski definition) is 4. The Kier molecular flexibility index (Phi) is 6.61. The molecule has 0 unspecified atom stereocenters. The Morgan fingerprint density at radius 1 is 1.09 bits per heavy atom. The number of fused-ring (bicyclic) bond motifs is 1. The lowest BCUT2D eigenvalue weighted by Gasteiger charge is -2.31. The maximum absolute atomic E-state index is 13.4. The van der Waals surface area contributed by atoms with Crippen LogP contribution < -0.4 is 0 Å². The van der Waals surface area contributed by atoms with Crippen LogP contribution >= 0.6 is 0 Å². The molecular weight excluding hydrogens is 447 g/mol. The number of halogens is 1. The summed E-state index contributed by atoms with van der Waals surface area (Å²) < 4.78 is 15.3. The highest BCUT2D eigenvalue weighted by molar-refractivity contribution is 5.77. The van der Waals surface area contributed by atoms with Crippen LogP contribution in [0.4, 0.5) is 4.39 Å². The summed E-state index contributed by atoms with van der Waals surface area (Å²) >= 11 is 0. The van der Waals surface area contributed by atoms with Crippen LogP contribution in [-0.2, 0) is 29.1 Å². The van der Waals surface area contributed by atoms with Gasteiger partial charge in [0.1, 0.15) is 5.82 Å². The van der Waals surface area contributed by atoms with Crippen molar-refractivity contribution in [3.8, 4) is 11.3 Å². The number of aromatic nitrogens is 3. The number of carbonyl (C=O) groups excluding carboxylic acids is 1. The molecule has 8 heteroatoms. The van der Waals surface area contributed by atoms with E-state index >= 15 is 0 Å². The fourth-order valence-electron chi connectivity index (χ4n) is 5.31. The third-order valence-corrected chi connectivity index (χ3v) is 7.33. The molecule has 0 spiro atoms. The van der Waals surface area contributed by atoms with Crippen molar-refractivity contribution in [1.82, 2.24) is 19.7 Å². The summed E-state index contributed by atoms with van der Waals surface area (Å²) in [5, 5.41) is 14.1. The molecule has 35 heavy (non-hydrogen) atoms. The Labute approximate surface area is 203 Å². The summed E-state index contributed by atoms with van der Waals surface area (Å²) in [6.45, 7) is 1.60. The van der Waals surface area contributed by atoms with Gasteiger partial charge in [-0.05, 0) is 67.9 Å². The summed E-state index contributed by atoms with van der Waals surface area (Å²) in [6, 6.07) is 10.3. The fourth-order valence-corrected chi connectivity index (χ4v) is 5.31. The summed E-state index contributed by atoms with van der Waals surface area (Å²) in [6.07, 6.45) is 7.58. The molecule has 0 atom stereocenters. The molecule has 7 nitrogen and oxygen atoms in total. The lowest BCUT2D eigenvalue weighted by molar-refractivity contribution is -0.143. The summed E-state index contributed by atoms with van der Waals surface area (Å²) in [4.78, 5) is 30.6. The molecule has 1 aliphatic heterocycles.